The van der Waals surface area contributed by atoms with Gasteiger partial charge in [0.05, 0.1) is 18.5 Å². The van der Waals surface area contributed by atoms with E-state index in [1.807, 2.05) is 36.9 Å². The zero-order chi connectivity index (χ0) is 18.3. The lowest BCUT2D eigenvalue weighted by molar-refractivity contribution is 0.379. The number of hydrogen-bond donors (Lipinski definition) is 0. The van der Waals surface area contributed by atoms with Crippen molar-refractivity contribution >= 4 is 21.6 Å². The zero-order valence-electron chi connectivity index (χ0n) is 15.7. The van der Waals surface area contributed by atoms with Gasteiger partial charge in [0.2, 0.25) is 0 Å². The molecule has 2 heterocycles. The van der Waals surface area contributed by atoms with Crippen LogP contribution in [0.3, 0.4) is 0 Å². The first-order valence-electron chi connectivity index (χ1n) is 9.25. The maximum absolute atomic E-state index is 13.5. The zero-order valence-corrected chi connectivity index (χ0v) is 16.5. The number of nitrogens with zero attached hydrogens (tertiary/aromatic N) is 3. The first kappa shape index (κ1) is 17.4. The number of hydrogen-bond acceptors (Lipinski definition) is 4. The molecule has 0 aliphatic heterocycles. The first-order chi connectivity index (χ1) is 12.5. The van der Waals surface area contributed by atoms with Crippen molar-refractivity contribution in [3.05, 3.63) is 62.5 Å². The molecule has 4 nitrogen and oxygen atoms in total. The van der Waals surface area contributed by atoms with Gasteiger partial charge in [0, 0.05) is 4.88 Å². The van der Waals surface area contributed by atoms with Crippen molar-refractivity contribution < 1.29 is 0 Å². The Labute approximate surface area is 158 Å². The maximum Gasteiger partial charge on any atom is 0.262 e. The molecule has 0 saturated carbocycles. The third-order valence-corrected chi connectivity index (χ3v) is 6.28. The second kappa shape index (κ2) is 6.97. The van der Waals surface area contributed by atoms with Crippen LogP contribution in [0, 0.1) is 5.92 Å². The third kappa shape index (κ3) is 3.21. The van der Waals surface area contributed by atoms with E-state index in [1.165, 1.54) is 10.4 Å². The summed E-state index contributed by atoms with van der Waals surface area (Å²) in [4.78, 5) is 22.8. The van der Waals surface area contributed by atoms with E-state index in [-0.39, 0.29) is 5.56 Å². The Morgan fingerprint density at radius 2 is 2.04 bits per heavy atom. The molecule has 1 aromatic carbocycles. The Balaban J connectivity index is 1.89. The molecule has 2 aromatic heterocycles. The second-order valence-corrected chi connectivity index (χ2v) is 8.76. The van der Waals surface area contributed by atoms with Gasteiger partial charge < -0.3 is 4.90 Å². The summed E-state index contributed by atoms with van der Waals surface area (Å²) < 4.78 is 1.88. The summed E-state index contributed by atoms with van der Waals surface area (Å²) in [6, 6.07) is 10.2. The molecule has 1 aliphatic rings. The molecule has 136 valence electrons. The Hall–Kier alpha value is -1.98. The quantitative estimate of drug-likeness (QED) is 0.706. The standard InChI is InChI=1S/C21H25N3OS/c1-14-9-10-16-17(11-14)26-20-19(16)21(25)24(18(22-20)13-23(2)3)12-15-7-5-4-6-8-15/h4-8,14H,9-13H2,1-3H3. The minimum Gasteiger partial charge on any atom is -0.302 e. The normalized spacial score (nSPS) is 17.0. The Kier molecular flexibility index (Phi) is 4.67. The molecule has 4 rings (SSSR count). The van der Waals surface area contributed by atoms with Crippen LogP contribution in [0.5, 0.6) is 0 Å². The lowest BCUT2D eigenvalue weighted by Gasteiger charge is -2.18. The molecule has 1 aliphatic carbocycles. The van der Waals surface area contributed by atoms with Crippen LogP contribution in [0.1, 0.15) is 35.2 Å². The maximum atomic E-state index is 13.5. The molecule has 0 N–H and O–H groups in total. The molecule has 0 radical (unpaired) electrons. The van der Waals surface area contributed by atoms with E-state index in [0.29, 0.717) is 19.0 Å². The van der Waals surface area contributed by atoms with Gasteiger partial charge in [-0.25, -0.2) is 4.98 Å². The summed E-state index contributed by atoms with van der Waals surface area (Å²) in [5.74, 6) is 1.55. The predicted octanol–water partition coefficient (Wildman–Crippen LogP) is 3.69. The minimum absolute atomic E-state index is 0.128. The Morgan fingerprint density at radius 1 is 1.27 bits per heavy atom. The van der Waals surface area contributed by atoms with Crippen LogP contribution in [0.25, 0.3) is 10.2 Å². The summed E-state index contributed by atoms with van der Waals surface area (Å²) in [5.41, 5.74) is 2.52. The topological polar surface area (TPSA) is 38.1 Å². The van der Waals surface area contributed by atoms with Crippen molar-refractivity contribution in [3.63, 3.8) is 0 Å². The van der Waals surface area contributed by atoms with Gasteiger partial charge in [0.25, 0.3) is 5.56 Å². The van der Waals surface area contributed by atoms with Crippen LogP contribution < -0.4 is 5.56 Å². The van der Waals surface area contributed by atoms with Crippen molar-refractivity contribution in [1.29, 1.82) is 0 Å². The molecule has 5 heteroatoms. The molecule has 0 fully saturated rings. The number of rotatable bonds is 4. The second-order valence-electron chi connectivity index (χ2n) is 7.67. The largest absolute Gasteiger partial charge is 0.302 e. The van der Waals surface area contributed by atoms with Crippen molar-refractivity contribution in [2.75, 3.05) is 14.1 Å². The molecular weight excluding hydrogens is 342 g/mol. The number of fused-ring (bicyclic) bond motifs is 3. The number of benzene rings is 1. The lowest BCUT2D eigenvalue weighted by atomic mass is 9.89. The van der Waals surface area contributed by atoms with Gasteiger partial charge in [-0.1, -0.05) is 37.3 Å². The highest BCUT2D eigenvalue weighted by Crippen LogP contribution is 2.35. The minimum atomic E-state index is 0.128. The Bertz CT molecular complexity index is 988. The molecule has 1 atom stereocenters. The molecular formula is C21H25N3OS. The monoisotopic (exact) mass is 367 g/mol. The first-order valence-corrected chi connectivity index (χ1v) is 10.1. The van der Waals surface area contributed by atoms with E-state index in [0.717, 1.165) is 40.9 Å². The SMILES string of the molecule is CC1CCc2c(sc3nc(CN(C)C)n(Cc4ccccc4)c(=O)c23)C1. The van der Waals surface area contributed by atoms with Crippen LogP contribution in [0.15, 0.2) is 35.1 Å². The van der Waals surface area contributed by atoms with E-state index in [1.54, 1.807) is 11.3 Å². The molecule has 26 heavy (non-hydrogen) atoms. The Morgan fingerprint density at radius 3 is 2.77 bits per heavy atom. The predicted molar refractivity (Wildman–Crippen MR) is 108 cm³/mol. The van der Waals surface area contributed by atoms with Crippen LogP contribution in [0.2, 0.25) is 0 Å². The summed E-state index contributed by atoms with van der Waals surface area (Å²) in [6.07, 6.45) is 3.25. The highest BCUT2D eigenvalue weighted by molar-refractivity contribution is 7.18. The number of thiophene rings is 1. The summed E-state index contributed by atoms with van der Waals surface area (Å²) in [7, 11) is 4.04. The summed E-state index contributed by atoms with van der Waals surface area (Å²) in [5, 5.41) is 0.871. The van der Waals surface area contributed by atoms with Gasteiger partial charge in [-0.15, -0.1) is 11.3 Å². The lowest BCUT2D eigenvalue weighted by Crippen LogP contribution is -2.29. The van der Waals surface area contributed by atoms with Gasteiger partial charge in [0.15, 0.2) is 0 Å². The average Bonchev–Trinajstić information content (AvgIpc) is 2.96. The van der Waals surface area contributed by atoms with Crippen LogP contribution >= 0.6 is 11.3 Å². The van der Waals surface area contributed by atoms with Gasteiger partial charge in [-0.2, -0.15) is 0 Å². The van der Waals surface area contributed by atoms with Gasteiger partial charge >= 0.3 is 0 Å². The third-order valence-electron chi connectivity index (χ3n) is 5.14. The average molecular weight is 368 g/mol. The molecule has 3 aromatic rings. The molecule has 0 spiro atoms. The van der Waals surface area contributed by atoms with E-state index in [4.69, 9.17) is 4.98 Å². The smallest absolute Gasteiger partial charge is 0.262 e. The van der Waals surface area contributed by atoms with E-state index in [9.17, 15) is 4.79 Å². The highest BCUT2D eigenvalue weighted by Gasteiger charge is 2.24. The van der Waals surface area contributed by atoms with Crippen LogP contribution in [-0.2, 0) is 25.9 Å². The van der Waals surface area contributed by atoms with Crippen molar-refractivity contribution in [2.24, 2.45) is 5.92 Å². The van der Waals surface area contributed by atoms with Crippen molar-refractivity contribution in [2.45, 2.75) is 39.3 Å². The van der Waals surface area contributed by atoms with Crippen LogP contribution in [-0.4, -0.2) is 28.5 Å². The molecule has 0 saturated heterocycles. The summed E-state index contributed by atoms with van der Waals surface area (Å²) >= 11 is 1.73. The number of aryl methyl sites for hydroxylation is 1. The molecule has 0 amide bonds. The fourth-order valence-corrected chi connectivity index (χ4v) is 5.19. The van der Waals surface area contributed by atoms with E-state index >= 15 is 0 Å². The van der Waals surface area contributed by atoms with Gasteiger partial charge in [0.1, 0.15) is 10.7 Å². The molecule has 1 unspecified atom stereocenters. The van der Waals surface area contributed by atoms with Gasteiger partial charge in [-0.3, -0.25) is 9.36 Å². The fraction of sp³-hybridized carbons (Fsp3) is 0.429. The van der Waals surface area contributed by atoms with E-state index in [2.05, 4.69) is 24.0 Å². The van der Waals surface area contributed by atoms with Crippen molar-refractivity contribution in [1.82, 2.24) is 14.5 Å². The summed E-state index contributed by atoms with van der Waals surface area (Å²) in [6.45, 7) is 3.54. The van der Waals surface area contributed by atoms with Gasteiger partial charge in [-0.05, 0) is 50.4 Å². The van der Waals surface area contributed by atoms with E-state index < -0.39 is 0 Å². The van der Waals surface area contributed by atoms with Crippen LogP contribution in [0.4, 0.5) is 0 Å². The van der Waals surface area contributed by atoms with Crippen molar-refractivity contribution in [3.8, 4) is 0 Å². The molecule has 0 bridgehead atoms. The highest BCUT2D eigenvalue weighted by atomic mass is 32.1. The number of aromatic nitrogens is 2. The fourth-order valence-electron chi connectivity index (χ4n) is 3.80.